The van der Waals surface area contributed by atoms with Crippen molar-refractivity contribution in [2.45, 2.75) is 34.6 Å². The Morgan fingerprint density at radius 1 is 0.846 bits per heavy atom. The van der Waals surface area contributed by atoms with Gasteiger partial charge in [0.15, 0.2) is 6.61 Å². The van der Waals surface area contributed by atoms with Crippen molar-refractivity contribution in [1.82, 2.24) is 5.32 Å². The maximum Gasteiger partial charge on any atom is 0.258 e. The number of anilines is 1. The standard InChI is InChI=1S/C21H26N2O3/c1-13-8-16(4)21(17(5)9-13)23-19(24)11-22-20(25)12-26-18-7-6-14(2)15(3)10-18/h6-10H,11-12H2,1-5H3,(H,22,25)(H,23,24). The topological polar surface area (TPSA) is 67.4 Å². The Kier molecular flexibility index (Phi) is 6.39. The zero-order valence-electron chi connectivity index (χ0n) is 16.0. The zero-order valence-corrected chi connectivity index (χ0v) is 16.0. The second kappa shape index (κ2) is 8.52. The predicted octanol–water partition coefficient (Wildman–Crippen LogP) is 3.36. The lowest BCUT2D eigenvalue weighted by molar-refractivity contribution is -0.125. The molecule has 2 aromatic carbocycles. The largest absolute Gasteiger partial charge is 0.484 e. The molecule has 5 heteroatoms. The van der Waals surface area contributed by atoms with Crippen LogP contribution < -0.4 is 15.4 Å². The van der Waals surface area contributed by atoms with Crippen molar-refractivity contribution in [3.8, 4) is 5.75 Å². The minimum Gasteiger partial charge on any atom is -0.484 e. The van der Waals surface area contributed by atoms with Crippen LogP contribution in [0.4, 0.5) is 5.69 Å². The number of aryl methyl sites for hydroxylation is 5. The van der Waals surface area contributed by atoms with E-state index in [0.717, 1.165) is 27.9 Å². The first-order valence-electron chi connectivity index (χ1n) is 8.60. The minimum atomic E-state index is -0.337. The van der Waals surface area contributed by atoms with Gasteiger partial charge in [-0.15, -0.1) is 0 Å². The summed E-state index contributed by atoms with van der Waals surface area (Å²) in [4.78, 5) is 24.0. The van der Waals surface area contributed by atoms with Crippen LogP contribution in [-0.2, 0) is 9.59 Å². The quantitative estimate of drug-likeness (QED) is 0.836. The van der Waals surface area contributed by atoms with Gasteiger partial charge in [0.25, 0.3) is 5.91 Å². The van der Waals surface area contributed by atoms with E-state index in [-0.39, 0.29) is 25.0 Å². The molecule has 26 heavy (non-hydrogen) atoms. The second-order valence-corrected chi connectivity index (χ2v) is 6.63. The molecule has 0 heterocycles. The summed E-state index contributed by atoms with van der Waals surface area (Å²) in [7, 11) is 0. The molecule has 0 radical (unpaired) electrons. The summed E-state index contributed by atoms with van der Waals surface area (Å²) in [6.45, 7) is 9.70. The Hall–Kier alpha value is -2.82. The van der Waals surface area contributed by atoms with Crippen LogP contribution in [0.1, 0.15) is 27.8 Å². The molecule has 0 aromatic heterocycles. The number of carbonyl (C=O) groups excluding carboxylic acids is 2. The third kappa shape index (κ3) is 5.34. The van der Waals surface area contributed by atoms with Gasteiger partial charge in [0.1, 0.15) is 5.75 Å². The normalized spacial score (nSPS) is 10.3. The number of ether oxygens (including phenoxy) is 1. The smallest absolute Gasteiger partial charge is 0.258 e. The lowest BCUT2D eigenvalue weighted by Gasteiger charge is -2.13. The monoisotopic (exact) mass is 354 g/mol. The predicted molar refractivity (Wildman–Crippen MR) is 104 cm³/mol. The van der Waals surface area contributed by atoms with E-state index < -0.39 is 0 Å². The molecule has 0 spiro atoms. The summed E-state index contributed by atoms with van der Waals surface area (Å²) >= 11 is 0. The fourth-order valence-corrected chi connectivity index (χ4v) is 2.74. The van der Waals surface area contributed by atoms with Crippen molar-refractivity contribution < 1.29 is 14.3 Å². The third-order valence-corrected chi connectivity index (χ3v) is 4.24. The highest BCUT2D eigenvalue weighted by molar-refractivity contribution is 5.95. The van der Waals surface area contributed by atoms with E-state index in [2.05, 4.69) is 10.6 Å². The molecule has 0 aliphatic carbocycles. The molecule has 0 aliphatic rings. The summed E-state index contributed by atoms with van der Waals surface area (Å²) in [6, 6.07) is 9.68. The molecule has 2 aromatic rings. The first-order chi connectivity index (χ1) is 12.3. The van der Waals surface area contributed by atoms with E-state index in [1.165, 1.54) is 5.56 Å². The molecule has 138 valence electrons. The Balaban J connectivity index is 1.81. The average Bonchev–Trinajstić information content (AvgIpc) is 2.57. The third-order valence-electron chi connectivity index (χ3n) is 4.24. The Labute approximate surface area is 154 Å². The van der Waals surface area contributed by atoms with Crippen molar-refractivity contribution in [2.24, 2.45) is 0 Å². The van der Waals surface area contributed by atoms with Gasteiger partial charge in [-0.25, -0.2) is 0 Å². The van der Waals surface area contributed by atoms with Crippen LogP contribution in [0.15, 0.2) is 30.3 Å². The molecule has 0 atom stereocenters. The van der Waals surface area contributed by atoms with Crippen molar-refractivity contribution in [3.05, 3.63) is 58.1 Å². The molecule has 0 saturated carbocycles. The maximum absolute atomic E-state index is 12.1. The first-order valence-corrected chi connectivity index (χ1v) is 8.60. The van der Waals surface area contributed by atoms with Crippen molar-refractivity contribution in [2.75, 3.05) is 18.5 Å². The Morgan fingerprint density at radius 2 is 1.50 bits per heavy atom. The minimum absolute atomic E-state index is 0.0954. The number of nitrogens with one attached hydrogen (secondary N) is 2. The summed E-state index contributed by atoms with van der Waals surface area (Å²) in [5.74, 6) is 0.0360. The van der Waals surface area contributed by atoms with E-state index in [0.29, 0.717) is 5.75 Å². The van der Waals surface area contributed by atoms with Crippen LogP contribution in [-0.4, -0.2) is 25.0 Å². The van der Waals surface area contributed by atoms with Gasteiger partial charge in [0.2, 0.25) is 5.91 Å². The van der Waals surface area contributed by atoms with Gasteiger partial charge in [-0.05, 0) is 69.0 Å². The number of hydrogen-bond acceptors (Lipinski definition) is 3. The molecule has 0 unspecified atom stereocenters. The molecule has 0 bridgehead atoms. The highest BCUT2D eigenvalue weighted by Gasteiger charge is 2.10. The van der Waals surface area contributed by atoms with Gasteiger partial charge >= 0.3 is 0 Å². The van der Waals surface area contributed by atoms with Crippen LogP contribution in [0, 0.1) is 34.6 Å². The van der Waals surface area contributed by atoms with E-state index >= 15 is 0 Å². The van der Waals surface area contributed by atoms with E-state index in [4.69, 9.17) is 4.74 Å². The molecule has 0 saturated heterocycles. The van der Waals surface area contributed by atoms with Crippen LogP contribution >= 0.6 is 0 Å². The number of hydrogen-bond donors (Lipinski definition) is 2. The summed E-state index contributed by atoms with van der Waals surface area (Å²) in [5.41, 5.74) is 6.21. The molecular weight excluding hydrogens is 328 g/mol. The molecule has 0 aliphatic heterocycles. The van der Waals surface area contributed by atoms with Crippen LogP contribution in [0.5, 0.6) is 5.75 Å². The van der Waals surface area contributed by atoms with Crippen molar-refractivity contribution >= 4 is 17.5 Å². The van der Waals surface area contributed by atoms with Crippen LogP contribution in [0.3, 0.4) is 0 Å². The highest BCUT2D eigenvalue weighted by Crippen LogP contribution is 2.21. The van der Waals surface area contributed by atoms with E-state index in [1.54, 1.807) is 0 Å². The summed E-state index contributed by atoms with van der Waals surface area (Å²) < 4.78 is 5.46. The molecule has 5 nitrogen and oxygen atoms in total. The average molecular weight is 354 g/mol. The number of carbonyl (C=O) groups is 2. The van der Waals surface area contributed by atoms with E-state index in [1.807, 2.05) is 65.0 Å². The number of amides is 2. The second-order valence-electron chi connectivity index (χ2n) is 6.63. The van der Waals surface area contributed by atoms with Gasteiger partial charge in [0.05, 0.1) is 6.54 Å². The van der Waals surface area contributed by atoms with Gasteiger partial charge in [-0.1, -0.05) is 23.8 Å². The van der Waals surface area contributed by atoms with Crippen LogP contribution in [0.25, 0.3) is 0 Å². The molecule has 2 N–H and O–H groups in total. The number of benzene rings is 2. The lowest BCUT2D eigenvalue weighted by Crippen LogP contribution is -2.36. The Morgan fingerprint density at radius 3 is 2.12 bits per heavy atom. The van der Waals surface area contributed by atoms with Gasteiger partial charge in [-0.2, -0.15) is 0 Å². The first kappa shape index (κ1) is 19.5. The maximum atomic E-state index is 12.1. The van der Waals surface area contributed by atoms with E-state index in [9.17, 15) is 9.59 Å². The van der Waals surface area contributed by atoms with Gasteiger partial charge in [-0.3, -0.25) is 9.59 Å². The molecule has 2 rings (SSSR count). The lowest BCUT2D eigenvalue weighted by atomic mass is 10.1. The summed E-state index contributed by atoms with van der Waals surface area (Å²) in [6.07, 6.45) is 0. The van der Waals surface area contributed by atoms with Gasteiger partial charge < -0.3 is 15.4 Å². The van der Waals surface area contributed by atoms with Crippen molar-refractivity contribution in [1.29, 1.82) is 0 Å². The van der Waals surface area contributed by atoms with Crippen LogP contribution in [0.2, 0.25) is 0 Å². The highest BCUT2D eigenvalue weighted by atomic mass is 16.5. The number of rotatable bonds is 6. The van der Waals surface area contributed by atoms with Gasteiger partial charge in [0, 0.05) is 5.69 Å². The Bertz CT molecular complexity index is 805. The summed E-state index contributed by atoms with van der Waals surface area (Å²) in [5, 5.41) is 5.43. The fraction of sp³-hybridized carbons (Fsp3) is 0.333. The van der Waals surface area contributed by atoms with Crippen molar-refractivity contribution in [3.63, 3.8) is 0 Å². The fourth-order valence-electron chi connectivity index (χ4n) is 2.74. The SMILES string of the molecule is Cc1cc(C)c(NC(=O)CNC(=O)COc2ccc(C)c(C)c2)c(C)c1. The molecule has 2 amide bonds. The zero-order chi connectivity index (χ0) is 19.3. The molecular formula is C21H26N2O3. The molecule has 0 fully saturated rings.